The first kappa shape index (κ1) is 14.2. The lowest BCUT2D eigenvalue weighted by atomic mass is 10.1. The van der Waals surface area contributed by atoms with Crippen molar-refractivity contribution in [3.8, 4) is 5.75 Å². The van der Waals surface area contributed by atoms with E-state index >= 15 is 0 Å². The molecule has 0 radical (unpaired) electrons. The van der Waals surface area contributed by atoms with Crippen LogP contribution in [-0.2, 0) is 16.0 Å². The van der Waals surface area contributed by atoms with Crippen LogP contribution in [0.1, 0.15) is 5.56 Å². The molecule has 1 N–H and O–H groups in total. The first-order valence-electron chi connectivity index (χ1n) is 6.51. The average molecular weight is 278 g/mol. The van der Waals surface area contributed by atoms with E-state index in [9.17, 15) is 9.59 Å². The number of rotatable bonds is 6. The standard InChI is InChI=1S/C14H18N2O4/c1-19-12-5-3-2-4-11(12)10-13(17)15-6-7-16-8-9-20-14(16)18/h2-5H,6-10H2,1H3,(H,15,17). The van der Waals surface area contributed by atoms with Crippen molar-refractivity contribution < 1.29 is 19.1 Å². The molecule has 6 nitrogen and oxygen atoms in total. The highest BCUT2D eigenvalue weighted by Gasteiger charge is 2.21. The van der Waals surface area contributed by atoms with Gasteiger partial charge in [-0.3, -0.25) is 4.79 Å². The van der Waals surface area contributed by atoms with Crippen LogP contribution >= 0.6 is 0 Å². The molecular weight excluding hydrogens is 260 g/mol. The van der Waals surface area contributed by atoms with E-state index in [0.717, 1.165) is 5.56 Å². The second kappa shape index (κ2) is 6.79. The van der Waals surface area contributed by atoms with Gasteiger partial charge in [-0.2, -0.15) is 0 Å². The van der Waals surface area contributed by atoms with Crippen molar-refractivity contribution >= 4 is 12.0 Å². The zero-order valence-electron chi connectivity index (χ0n) is 11.4. The molecule has 6 heteroatoms. The van der Waals surface area contributed by atoms with Crippen molar-refractivity contribution in [3.05, 3.63) is 29.8 Å². The monoisotopic (exact) mass is 278 g/mol. The van der Waals surface area contributed by atoms with Crippen LogP contribution in [-0.4, -0.2) is 50.3 Å². The lowest BCUT2D eigenvalue weighted by Crippen LogP contribution is -2.36. The van der Waals surface area contributed by atoms with Gasteiger partial charge in [-0.1, -0.05) is 18.2 Å². The zero-order valence-corrected chi connectivity index (χ0v) is 11.4. The van der Waals surface area contributed by atoms with Gasteiger partial charge in [-0.25, -0.2) is 4.79 Å². The van der Waals surface area contributed by atoms with E-state index in [-0.39, 0.29) is 18.4 Å². The van der Waals surface area contributed by atoms with E-state index in [1.807, 2.05) is 24.3 Å². The Morgan fingerprint density at radius 3 is 2.95 bits per heavy atom. The average Bonchev–Trinajstić information content (AvgIpc) is 2.85. The first-order chi connectivity index (χ1) is 9.70. The normalized spacial score (nSPS) is 14.1. The number of cyclic esters (lactones) is 1. The minimum absolute atomic E-state index is 0.0953. The van der Waals surface area contributed by atoms with Gasteiger partial charge in [0.1, 0.15) is 12.4 Å². The molecule has 0 spiro atoms. The number of hydrogen-bond donors (Lipinski definition) is 1. The van der Waals surface area contributed by atoms with Crippen molar-refractivity contribution in [2.45, 2.75) is 6.42 Å². The van der Waals surface area contributed by atoms with Crippen molar-refractivity contribution in [1.82, 2.24) is 10.2 Å². The Kier molecular flexibility index (Phi) is 4.81. The van der Waals surface area contributed by atoms with Crippen LogP contribution in [0.15, 0.2) is 24.3 Å². The largest absolute Gasteiger partial charge is 0.496 e. The molecule has 0 saturated carbocycles. The third-order valence-electron chi connectivity index (χ3n) is 3.09. The molecule has 108 valence electrons. The van der Waals surface area contributed by atoms with Gasteiger partial charge in [0.05, 0.1) is 20.1 Å². The van der Waals surface area contributed by atoms with E-state index in [4.69, 9.17) is 9.47 Å². The van der Waals surface area contributed by atoms with Crippen molar-refractivity contribution in [2.24, 2.45) is 0 Å². The molecule has 1 fully saturated rings. The molecule has 0 aliphatic carbocycles. The maximum Gasteiger partial charge on any atom is 0.409 e. The van der Waals surface area contributed by atoms with Gasteiger partial charge in [0, 0.05) is 18.7 Å². The van der Waals surface area contributed by atoms with Gasteiger partial charge >= 0.3 is 6.09 Å². The Labute approximate surface area is 117 Å². The highest BCUT2D eigenvalue weighted by molar-refractivity contribution is 5.79. The molecule has 1 aromatic carbocycles. The summed E-state index contributed by atoms with van der Waals surface area (Å²) in [5, 5.41) is 2.79. The summed E-state index contributed by atoms with van der Waals surface area (Å²) >= 11 is 0. The molecule has 20 heavy (non-hydrogen) atoms. The summed E-state index contributed by atoms with van der Waals surface area (Å²) in [6.07, 6.45) is -0.0574. The molecule has 0 aromatic heterocycles. The fraction of sp³-hybridized carbons (Fsp3) is 0.429. The highest BCUT2D eigenvalue weighted by Crippen LogP contribution is 2.17. The second-order valence-electron chi connectivity index (χ2n) is 4.44. The summed E-state index contributed by atoms with van der Waals surface area (Å²) in [5.74, 6) is 0.604. The molecule has 0 atom stereocenters. The summed E-state index contributed by atoms with van der Waals surface area (Å²) in [6.45, 7) is 1.90. The smallest absolute Gasteiger partial charge is 0.409 e. The predicted octanol–water partition coefficient (Wildman–Crippen LogP) is 0.806. The first-order valence-corrected chi connectivity index (χ1v) is 6.51. The van der Waals surface area contributed by atoms with E-state index in [1.54, 1.807) is 12.0 Å². The number of hydrogen-bond acceptors (Lipinski definition) is 4. The molecular formula is C14H18N2O4. The Hall–Kier alpha value is -2.24. The SMILES string of the molecule is COc1ccccc1CC(=O)NCCN1CCOC1=O. The number of para-hydroxylation sites is 1. The molecule has 0 bridgehead atoms. The maximum atomic E-state index is 11.8. The summed E-state index contributed by atoms with van der Waals surface area (Å²) in [5.41, 5.74) is 0.841. The third-order valence-corrected chi connectivity index (χ3v) is 3.09. The number of nitrogens with zero attached hydrogens (tertiary/aromatic N) is 1. The maximum absolute atomic E-state index is 11.8. The van der Waals surface area contributed by atoms with Crippen LogP contribution in [0.2, 0.25) is 0 Å². The fourth-order valence-corrected chi connectivity index (χ4v) is 2.04. The molecule has 2 amide bonds. The molecule has 0 unspecified atom stereocenters. The fourth-order valence-electron chi connectivity index (χ4n) is 2.04. The summed E-state index contributed by atoms with van der Waals surface area (Å²) in [6, 6.07) is 7.41. The van der Waals surface area contributed by atoms with E-state index < -0.39 is 0 Å². The van der Waals surface area contributed by atoms with Gasteiger partial charge in [0.15, 0.2) is 0 Å². The van der Waals surface area contributed by atoms with Gasteiger partial charge in [-0.05, 0) is 6.07 Å². The Morgan fingerprint density at radius 2 is 2.25 bits per heavy atom. The summed E-state index contributed by atoms with van der Waals surface area (Å²) < 4.78 is 10.0. The molecule has 1 aliphatic rings. The third kappa shape index (κ3) is 3.63. The van der Waals surface area contributed by atoms with Gasteiger partial charge < -0.3 is 19.7 Å². The Morgan fingerprint density at radius 1 is 1.45 bits per heavy atom. The summed E-state index contributed by atoms with van der Waals surface area (Å²) in [7, 11) is 1.58. The molecule has 1 aromatic rings. The second-order valence-corrected chi connectivity index (χ2v) is 4.44. The topological polar surface area (TPSA) is 67.9 Å². The van der Waals surface area contributed by atoms with E-state index in [1.165, 1.54) is 0 Å². The lowest BCUT2D eigenvalue weighted by molar-refractivity contribution is -0.120. The van der Waals surface area contributed by atoms with Gasteiger partial charge in [0.25, 0.3) is 0 Å². The lowest BCUT2D eigenvalue weighted by Gasteiger charge is -2.13. The molecule has 2 rings (SSSR count). The van der Waals surface area contributed by atoms with Crippen LogP contribution in [0.5, 0.6) is 5.75 Å². The predicted molar refractivity (Wildman–Crippen MR) is 72.6 cm³/mol. The van der Waals surface area contributed by atoms with Crippen LogP contribution in [0.25, 0.3) is 0 Å². The minimum atomic E-state index is -0.316. The number of carbonyl (C=O) groups is 2. The van der Waals surface area contributed by atoms with Gasteiger partial charge in [0.2, 0.25) is 5.91 Å². The van der Waals surface area contributed by atoms with E-state index in [2.05, 4.69) is 5.32 Å². The van der Waals surface area contributed by atoms with Crippen LogP contribution in [0.3, 0.4) is 0 Å². The highest BCUT2D eigenvalue weighted by atomic mass is 16.6. The van der Waals surface area contributed by atoms with Crippen LogP contribution in [0, 0.1) is 0 Å². The number of methoxy groups -OCH3 is 1. The van der Waals surface area contributed by atoms with Crippen molar-refractivity contribution in [3.63, 3.8) is 0 Å². The minimum Gasteiger partial charge on any atom is -0.496 e. The van der Waals surface area contributed by atoms with Crippen LogP contribution < -0.4 is 10.1 Å². The van der Waals surface area contributed by atoms with E-state index in [0.29, 0.717) is 32.0 Å². The number of amides is 2. The Balaban J connectivity index is 1.76. The van der Waals surface area contributed by atoms with Gasteiger partial charge in [-0.15, -0.1) is 0 Å². The number of benzene rings is 1. The van der Waals surface area contributed by atoms with Crippen molar-refractivity contribution in [2.75, 3.05) is 33.4 Å². The summed E-state index contributed by atoms with van der Waals surface area (Å²) in [4.78, 5) is 24.6. The number of carbonyl (C=O) groups excluding carboxylic acids is 2. The Bertz CT molecular complexity index is 490. The molecule has 1 saturated heterocycles. The zero-order chi connectivity index (χ0) is 14.4. The quantitative estimate of drug-likeness (QED) is 0.836. The molecule has 1 aliphatic heterocycles. The number of ether oxygens (including phenoxy) is 2. The molecule has 1 heterocycles. The van der Waals surface area contributed by atoms with Crippen molar-refractivity contribution in [1.29, 1.82) is 0 Å². The number of nitrogens with one attached hydrogen (secondary N) is 1. The van der Waals surface area contributed by atoms with Crippen LogP contribution in [0.4, 0.5) is 4.79 Å².